The number of likely N-dealkylation sites (N-methyl/N-ethyl adjacent to an activating group) is 1. The molecule has 0 spiro atoms. The summed E-state index contributed by atoms with van der Waals surface area (Å²) in [6.45, 7) is 9.76. The Labute approximate surface area is 172 Å². The normalized spacial score (nSPS) is 11.8. The summed E-state index contributed by atoms with van der Waals surface area (Å²) in [5.41, 5.74) is 4.15. The number of azo groups is 1. The maximum atomic E-state index is 11.8. The van der Waals surface area contributed by atoms with Gasteiger partial charge in [0.05, 0.1) is 35.5 Å². The molecule has 0 fully saturated rings. The predicted molar refractivity (Wildman–Crippen MR) is 115 cm³/mol. The fraction of sp³-hybridized carbons (Fsp3) is 0.391. The summed E-state index contributed by atoms with van der Waals surface area (Å²) in [4.78, 5) is 14.0. The van der Waals surface area contributed by atoms with Crippen LogP contribution in [0.25, 0.3) is 0 Å². The van der Waals surface area contributed by atoms with Crippen molar-refractivity contribution in [2.75, 3.05) is 24.6 Å². The van der Waals surface area contributed by atoms with E-state index in [1.807, 2.05) is 32.9 Å². The Morgan fingerprint density at radius 3 is 2.48 bits per heavy atom. The van der Waals surface area contributed by atoms with Crippen LogP contribution in [0.4, 0.5) is 17.1 Å². The first-order valence-corrected chi connectivity index (χ1v) is 9.92. The molecule has 0 saturated heterocycles. The van der Waals surface area contributed by atoms with Gasteiger partial charge in [-0.1, -0.05) is 13.8 Å². The van der Waals surface area contributed by atoms with Crippen LogP contribution >= 0.6 is 0 Å². The molecule has 0 bridgehead atoms. The summed E-state index contributed by atoms with van der Waals surface area (Å²) >= 11 is 0. The van der Waals surface area contributed by atoms with E-state index in [9.17, 15) is 4.79 Å². The highest BCUT2D eigenvalue weighted by atomic mass is 16.5. The van der Waals surface area contributed by atoms with Gasteiger partial charge in [-0.2, -0.15) is 15.5 Å². The molecule has 2 aromatic carbocycles. The van der Waals surface area contributed by atoms with E-state index in [0.717, 1.165) is 29.9 Å². The zero-order valence-corrected chi connectivity index (χ0v) is 17.6. The maximum absolute atomic E-state index is 11.8. The first-order chi connectivity index (χ1) is 14.0. The van der Waals surface area contributed by atoms with E-state index in [-0.39, 0.29) is 11.9 Å². The first kappa shape index (κ1) is 22.1. The Morgan fingerprint density at radius 1 is 1.17 bits per heavy atom. The molecular weight excluding hydrogens is 364 g/mol. The molecule has 6 nitrogen and oxygen atoms in total. The fourth-order valence-electron chi connectivity index (χ4n) is 2.70. The second-order valence-corrected chi connectivity index (χ2v) is 6.89. The zero-order chi connectivity index (χ0) is 21.2. The Balaban J connectivity index is 2.01. The van der Waals surface area contributed by atoms with Crippen LogP contribution in [0.5, 0.6) is 0 Å². The number of carbonyl (C=O) groups is 1. The standard InChI is InChI=1S/C23H28N4O2/c1-5-17(3)23(28)29-14-13-27(6-2)21-11-12-22(18(4)15-21)26-25-20-9-7-19(16-24)8-10-20/h7-12,15,17H,5-6,13-14H2,1-4H3. The van der Waals surface area contributed by atoms with Crippen molar-refractivity contribution in [2.45, 2.75) is 34.1 Å². The topological polar surface area (TPSA) is 78.0 Å². The number of carbonyl (C=O) groups excluding carboxylic acids is 1. The third-order valence-corrected chi connectivity index (χ3v) is 4.82. The van der Waals surface area contributed by atoms with Crippen molar-refractivity contribution in [1.29, 1.82) is 5.26 Å². The smallest absolute Gasteiger partial charge is 0.308 e. The minimum atomic E-state index is -0.140. The van der Waals surface area contributed by atoms with E-state index in [1.54, 1.807) is 24.3 Å². The van der Waals surface area contributed by atoms with Gasteiger partial charge in [0.2, 0.25) is 0 Å². The zero-order valence-electron chi connectivity index (χ0n) is 17.6. The first-order valence-electron chi connectivity index (χ1n) is 9.92. The average Bonchev–Trinajstić information content (AvgIpc) is 2.75. The van der Waals surface area contributed by atoms with Crippen molar-refractivity contribution in [3.8, 4) is 6.07 Å². The van der Waals surface area contributed by atoms with E-state index in [4.69, 9.17) is 10.00 Å². The molecule has 0 radical (unpaired) electrons. The van der Waals surface area contributed by atoms with Gasteiger partial charge in [-0.15, -0.1) is 0 Å². The van der Waals surface area contributed by atoms with Crippen LogP contribution in [0.2, 0.25) is 0 Å². The molecular formula is C23H28N4O2. The molecule has 0 amide bonds. The number of nitriles is 1. The third kappa shape index (κ3) is 6.42. The largest absolute Gasteiger partial charge is 0.464 e. The minimum absolute atomic E-state index is 0.0620. The molecule has 6 heteroatoms. The van der Waals surface area contributed by atoms with Crippen LogP contribution < -0.4 is 4.90 Å². The number of rotatable bonds is 9. The molecule has 2 aromatic rings. The van der Waals surface area contributed by atoms with Crippen LogP contribution in [0, 0.1) is 24.2 Å². The molecule has 0 saturated carbocycles. The number of aryl methyl sites for hydroxylation is 1. The molecule has 0 heterocycles. The van der Waals surface area contributed by atoms with Crippen LogP contribution in [0.1, 0.15) is 38.3 Å². The second kappa shape index (κ2) is 11.0. The Bertz CT molecular complexity index is 885. The number of esters is 1. The summed E-state index contributed by atoms with van der Waals surface area (Å²) in [7, 11) is 0. The predicted octanol–water partition coefficient (Wildman–Crippen LogP) is 5.70. The maximum Gasteiger partial charge on any atom is 0.308 e. The van der Waals surface area contributed by atoms with Crippen LogP contribution in [0.3, 0.4) is 0 Å². The van der Waals surface area contributed by atoms with Gasteiger partial charge in [0.15, 0.2) is 0 Å². The lowest BCUT2D eigenvalue weighted by Crippen LogP contribution is -2.29. The Kier molecular flexibility index (Phi) is 8.35. The van der Waals surface area contributed by atoms with Gasteiger partial charge in [0.25, 0.3) is 0 Å². The van der Waals surface area contributed by atoms with Crippen LogP contribution in [-0.2, 0) is 9.53 Å². The molecule has 0 N–H and O–H groups in total. The highest BCUT2D eigenvalue weighted by molar-refractivity contribution is 5.71. The number of hydrogen-bond donors (Lipinski definition) is 0. The van der Waals surface area contributed by atoms with Crippen molar-refractivity contribution in [3.63, 3.8) is 0 Å². The summed E-state index contributed by atoms with van der Waals surface area (Å²) in [6, 6.07) is 15.1. The van der Waals surface area contributed by atoms with Gasteiger partial charge in [0, 0.05) is 12.2 Å². The van der Waals surface area contributed by atoms with Crippen molar-refractivity contribution < 1.29 is 9.53 Å². The lowest BCUT2D eigenvalue weighted by molar-refractivity contribution is -0.147. The number of ether oxygens (including phenoxy) is 1. The summed E-state index contributed by atoms with van der Waals surface area (Å²) < 4.78 is 5.37. The Morgan fingerprint density at radius 2 is 1.90 bits per heavy atom. The van der Waals surface area contributed by atoms with Crippen LogP contribution in [0.15, 0.2) is 52.7 Å². The summed E-state index contributed by atoms with van der Waals surface area (Å²) in [6.07, 6.45) is 0.786. The summed E-state index contributed by atoms with van der Waals surface area (Å²) in [5.74, 6) is -0.202. The molecule has 0 aliphatic rings. The molecule has 152 valence electrons. The number of hydrogen-bond acceptors (Lipinski definition) is 6. The third-order valence-electron chi connectivity index (χ3n) is 4.82. The molecule has 1 unspecified atom stereocenters. The van der Waals surface area contributed by atoms with E-state index in [2.05, 4.69) is 34.2 Å². The highest BCUT2D eigenvalue weighted by Gasteiger charge is 2.13. The van der Waals surface area contributed by atoms with Gasteiger partial charge >= 0.3 is 5.97 Å². The lowest BCUT2D eigenvalue weighted by Gasteiger charge is -2.24. The quantitative estimate of drug-likeness (QED) is 0.405. The van der Waals surface area contributed by atoms with Crippen molar-refractivity contribution in [3.05, 3.63) is 53.6 Å². The van der Waals surface area contributed by atoms with Crippen molar-refractivity contribution in [1.82, 2.24) is 0 Å². The van der Waals surface area contributed by atoms with Crippen LogP contribution in [-0.4, -0.2) is 25.7 Å². The number of benzene rings is 2. The van der Waals surface area contributed by atoms with Crippen molar-refractivity contribution >= 4 is 23.0 Å². The average molecular weight is 393 g/mol. The highest BCUT2D eigenvalue weighted by Crippen LogP contribution is 2.26. The molecule has 0 aliphatic heterocycles. The fourth-order valence-corrected chi connectivity index (χ4v) is 2.70. The minimum Gasteiger partial charge on any atom is -0.464 e. The van der Waals surface area contributed by atoms with E-state index in [0.29, 0.717) is 24.4 Å². The van der Waals surface area contributed by atoms with Gasteiger partial charge in [-0.25, -0.2) is 0 Å². The SMILES string of the molecule is CCC(C)C(=O)OCCN(CC)c1ccc(N=Nc2ccc(C#N)cc2)c(C)c1. The molecule has 29 heavy (non-hydrogen) atoms. The summed E-state index contributed by atoms with van der Waals surface area (Å²) in [5, 5.41) is 17.4. The number of nitrogens with zero attached hydrogens (tertiary/aromatic N) is 4. The van der Waals surface area contributed by atoms with E-state index in [1.165, 1.54) is 0 Å². The molecule has 0 aliphatic carbocycles. The monoisotopic (exact) mass is 392 g/mol. The molecule has 2 rings (SSSR count). The van der Waals surface area contributed by atoms with Gasteiger partial charge in [-0.05, 0) is 68.3 Å². The molecule has 1 atom stereocenters. The molecule has 0 aromatic heterocycles. The van der Waals surface area contributed by atoms with Gasteiger partial charge < -0.3 is 9.64 Å². The van der Waals surface area contributed by atoms with Crippen molar-refractivity contribution in [2.24, 2.45) is 16.1 Å². The second-order valence-electron chi connectivity index (χ2n) is 6.89. The van der Waals surface area contributed by atoms with E-state index < -0.39 is 0 Å². The Hall–Kier alpha value is -3.20. The van der Waals surface area contributed by atoms with E-state index >= 15 is 0 Å². The number of anilines is 1. The lowest BCUT2D eigenvalue weighted by atomic mass is 10.1. The van der Waals surface area contributed by atoms with Gasteiger partial charge in [-0.3, -0.25) is 4.79 Å². The van der Waals surface area contributed by atoms with Gasteiger partial charge in [0.1, 0.15) is 6.61 Å².